The number of rotatable bonds is 3. The van der Waals surface area contributed by atoms with Crippen LogP contribution in [0.4, 0.5) is 11.4 Å². The minimum atomic E-state index is -1.24. The Hall–Kier alpha value is -3.09. The summed E-state index contributed by atoms with van der Waals surface area (Å²) in [6.45, 7) is 0. The van der Waals surface area contributed by atoms with Crippen molar-refractivity contribution in [2.45, 2.75) is 0 Å². The lowest BCUT2D eigenvalue weighted by Gasteiger charge is -2.18. The van der Waals surface area contributed by atoms with E-state index in [0.29, 0.717) is 33.1 Å². The van der Waals surface area contributed by atoms with Gasteiger partial charge >= 0.3 is 5.97 Å². The number of halogens is 2. The predicted molar refractivity (Wildman–Crippen MR) is 116 cm³/mol. The van der Waals surface area contributed by atoms with E-state index in [1.165, 1.54) is 23.1 Å². The van der Waals surface area contributed by atoms with Gasteiger partial charge in [0.15, 0.2) is 0 Å². The number of carbonyl (C=O) groups excluding carboxylic acids is 1. The monoisotopic (exact) mass is 469 g/mol. The number of phenols is 1. The van der Waals surface area contributed by atoms with E-state index in [1.807, 2.05) is 18.2 Å². The number of amides is 1. The van der Waals surface area contributed by atoms with Crippen LogP contribution >= 0.6 is 27.5 Å². The molecule has 5 nitrogen and oxygen atoms in total. The molecule has 3 aromatic carbocycles. The largest absolute Gasteiger partial charge is 0.507 e. The van der Waals surface area contributed by atoms with Gasteiger partial charge in [0.2, 0.25) is 0 Å². The molecule has 2 N–H and O–H groups in total. The molecular formula is C22H13BrClNO4. The van der Waals surface area contributed by atoms with Crippen molar-refractivity contribution in [2.75, 3.05) is 4.90 Å². The molecule has 3 aromatic rings. The molecule has 0 unspecified atom stereocenters. The average Bonchev–Trinajstić information content (AvgIpc) is 2.96. The second kappa shape index (κ2) is 7.39. The van der Waals surface area contributed by atoms with Crippen molar-refractivity contribution in [3.63, 3.8) is 0 Å². The zero-order valence-electron chi connectivity index (χ0n) is 14.8. The van der Waals surface area contributed by atoms with Gasteiger partial charge in [0, 0.05) is 26.7 Å². The molecular weight excluding hydrogens is 458 g/mol. The Bertz CT molecular complexity index is 1180. The Balaban J connectivity index is 1.87. The van der Waals surface area contributed by atoms with Crippen LogP contribution in [0.15, 0.2) is 65.1 Å². The Kier molecular flexibility index (Phi) is 4.90. The van der Waals surface area contributed by atoms with Crippen molar-refractivity contribution in [1.82, 2.24) is 0 Å². The first kappa shape index (κ1) is 19.2. The van der Waals surface area contributed by atoms with Crippen LogP contribution in [0.1, 0.15) is 21.5 Å². The summed E-state index contributed by atoms with van der Waals surface area (Å²) in [6.07, 6.45) is 1.72. The van der Waals surface area contributed by atoms with Crippen molar-refractivity contribution in [3.05, 3.63) is 86.8 Å². The lowest BCUT2D eigenvalue weighted by molar-refractivity contribution is -0.112. The summed E-state index contributed by atoms with van der Waals surface area (Å²) < 4.78 is 0.754. The van der Waals surface area contributed by atoms with Gasteiger partial charge in [-0.15, -0.1) is 0 Å². The quantitative estimate of drug-likeness (QED) is 0.480. The number of para-hydroxylation sites is 1. The van der Waals surface area contributed by atoms with Crippen molar-refractivity contribution in [1.29, 1.82) is 0 Å². The third kappa shape index (κ3) is 3.30. The van der Waals surface area contributed by atoms with Gasteiger partial charge < -0.3 is 10.2 Å². The molecule has 0 fully saturated rings. The van der Waals surface area contributed by atoms with Crippen LogP contribution in [-0.4, -0.2) is 22.1 Å². The molecule has 0 bridgehead atoms. The van der Waals surface area contributed by atoms with Gasteiger partial charge in [0.05, 0.1) is 16.9 Å². The molecule has 0 saturated heterocycles. The molecule has 0 aromatic heterocycles. The molecule has 0 spiro atoms. The van der Waals surface area contributed by atoms with Gasteiger partial charge in [-0.05, 0) is 36.4 Å². The van der Waals surface area contributed by atoms with Crippen molar-refractivity contribution in [3.8, 4) is 5.75 Å². The topological polar surface area (TPSA) is 77.8 Å². The highest BCUT2D eigenvalue weighted by Crippen LogP contribution is 2.44. The molecule has 1 aliphatic rings. The molecule has 144 valence electrons. The maximum atomic E-state index is 13.3. The number of fused-ring (bicyclic) bond motifs is 1. The van der Waals surface area contributed by atoms with Gasteiger partial charge in [-0.3, -0.25) is 9.69 Å². The summed E-state index contributed by atoms with van der Waals surface area (Å²) in [5.74, 6) is -1.96. The van der Waals surface area contributed by atoms with E-state index in [0.717, 1.165) is 4.47 Å². The van der Waals surface area contributed by atoms with Gasteiger partial charge in [-0.2, -0.15) is 0 Å². The number of nitrogens with zero attached hydrogens (tertiary/aromatic N) is 1. The number of aromatic hydroxyl groups is 1. The molecule has 0 atom stereocenters. The fraction of sp³-hybridized carbons (Fsp3) is 0. The van der Waals surface area contributed by atoms with Crippen molar-refractivity contribution < 1.29 is 19.8 Å². The van der Waals surface area contributed by atoms with Crippen LogP contribution in [0.3, 0.4) is 0 Å². The highest BCUT2D eigenvalue weighted by molar-refractivity contribution is 9.10. The van der Waals surface area contributed by atoms with Crippen LogP contribution in [0.2, 0.25) is 5.02 Å². The minimum absolute atomic E-state index is 0.232. The van der Waals surface area contributed by atoms with Crippen LogP contribution < -0.4 is 4.90 Å². The number of hydrogen-bond acceptors (Lipinski definition) is 3. The number of aromatic carboxylic acids is 1. The summed E-state index contributed by atoms with van der Waals surface area (Å²) >= 11 is 9.78. The van der Waals surface area contributed by atoms with E-state index in [-0.39, 0.29) is 11.5 Å². The van der Waals surface area contributed by atoms with E-state index in [1.54, 1.807) is 30.3 Å². The molecule has 1 heterocycles. The van der Waals surface area contributed by atoms with Crippen LogP contribution in [0, 0.1) is 0 Å². The smallest absolute Gasteiger partial charge is 0.339 e. The Labute approximate surface area is 179 Å². The van der Waals surface area contributed by atoms with Crippen molar-refractivity contribution in [2.24, 2.45) is 0 Å². The molecule has 0 radical (unpaired) electrons. The summed E-state index contributed by atoms with van der Waals surface area (Å²) in [4.78, 5) is 25.9. The fourth-order valence-corrected chi connectivity index (χ4v) is 4.09. The maximum absolute atomic E-state index is 13.3. The van der Waals surface area contributed by atoms with E-state index in [4.69, 9.17) is 16.7 Å². The van der Waals surface area contributed by atoms with E-state index < -0.39 is 11.7 Å². The second-order valence-corrected chi connectivity index (χ2v) is 7.62. The molecule has 1 aliphatic heterocycles. The minimum Gasteiger partial charge on any atom is -0.507 e. The number of benzene rings is 3. The summed E-state index contributed by atoms with van der Waals surface area (Å²) in [5.41, 5.74) is 2.60. The average molecular weight is 471 g/mol. The normalized spacial score (nSPS) is 14.3. The molecule has 7 heteroatoms. The second-order valence-electron chi connectivity index (χ2n) is 6.36. The zero-order valence-corrected chi connectivity index (χ0v) is 17.1. The highest BCUT2D eigenvalue weighted by Gasteiger charge is 2.34. The molecule has 29 heavy (non-hydrogen) atoms. The number of carboxylic acid groups (broad SMARTS) is 1. The number of carbonyl (C=O) groups is 2. The zero-order chi connectivity index (χ0) is 20.7. The number of anilines is 2. The predicted octanol–water partition coefficient (Wildman–Crippen LogP) is 5.73. The Morgan fingerprint density at radius 2 is 1.83 bits per heavy atom. The van der Waals surface area contributed by atoms with Gasteiger partial charge in [-0.1, -0.05) is 51.8 Å². The Morgan fingerprint density at radius 3 is 2.52 bits per heavy atom. The third-order valence-electron chi connectivity index (χ3n) is 4.63. The van der Waals surface area contributed by atoms with E-state index in [9.17, 15) is 14.7 Å². The first-order valence-electron chi connectivity index (χ1n) is 8.54. The van der Waals surface area contributed by atoms with Crippen LogP contribution in [0.5, 0.6) is 5.75 Å². The highest BCUT2D eigenvalue weighted by atomic mass is 79.9. The third-order valence-corrected chi connectivity index (χ3v) is 5.65. The van der Waals surface area contributed by atoms with Gasteiger partial charge in [0.25, 0.3) is 5.91 Å². The Morgan fingerprint density at radius 1 is 1.07 bits per heavy atom. The standard InChI is InChI=1S/C22H13BrClNO4/c23-17-5-3-6-18(24)16(17)11-15-13-4-1-2-7-19(13)25(21(15)27)12-8-9-14(22(28)29)20(26)10-12/h1-11,26H,(H,28,29). The number of carboxylic acids is 1. The van der Waals surface area contributed by atoms with E-state index in [2.05, 4.69) is 15.9 Å². The molecule has 4 rings (SSSR count). The summed E-state index contributed by atoms with van der Waals surface area (Å²) in [6, 6.07) is 16.7. The molecule has 1 amide bonds. The van der Waals surface area contributed by atoms with Crippen LogP contribution in [-0.2, 0) is 4.79 Å². The lowest BCUT2D eigenvalue weighted by Crippen LogP contribution is -2.20. The molecule has 0 aliphatic carbocycles. The van der Waals surface area contributed by atoms with E-state index >= 15 is 0 Å². The lowest BCUT2D eigenvalue weighted by atomic mass is 10.0. The van der Waals surface area contributed by atoms with Crippen molar-refractivity contribution >= 4 is 62.4 Å². The first-order chi connectivity index (χ1) is 13.9. The van der Waals surface area contributed by atoms with Crippen LogP contribution in [0.25, 0.3) is 11.6 Å². The van der Waals surface area contributed by atoms with Gasteiger partial charge in [-0.25, -0.2) is 4.79 Å². The first-order valence-corrected chi connectivity index (χ1v) is 9.71. The molecule has 0 saturated carbocycles. The fourth-order valence-electron chi connectivity index (χ4n) is 3.27. The maximum Gasteiger partial charge on any atom is 0.339 e. The summed E-state index contributed by atoms with van der Waals surface area (Å²) in [5, 5.41) is 19.7. The number of hydrogen-bond donors (Lipinski definition) is 2. The van der Waals surface area contributed by atoms with Gasteiger partial charge in [0.1, 0.15) is 11.3 Å². The SMILES string of the molecule is O=C(O)c1ccc(N2C(=O)C(=Cc3c(Cl)cccc3Br)c3ccccc32)cc1O. The summed E-state index contributed by atoms with van der Waals surface area (Å²) in [7, 11) is 0.